The van der Waals surface area contributed by atoms with Crippen molar-refractivity contribution < 1.29 is 4.79 Å². The number of nitrogens with zero attached hydrogens (tertiary/aromatic N) is 1. The van der Waals surface area contributed by atoms with Crippen LogP contribution >= 0.6 is 23.2 Å². The van der Waals surface area contributed by atoms with Gasteiger partial charge in [0.25, 0.3) is 0 Å². The van der Waals surface area contributed by atoms with Gasteiger partial charge in [-0.05, 0) is 12.1 Å². The number of hydrogen-bond donors (Lipinski definition) is 3. The first-order valence-corrected chi connectivity index (χ1v) is 5.07. The Hall–Kier alpha value is -1.46. The third kappa shape index (κ3) is 3.29. The Balaban J connectivity index is 2.94. The van der Waals surface area contributed by atoms with E-state index in [2.05, 4.69) is 15.6 Å². The number of amides is 2. The molecule has 0 bridgehead atoms. The van der Waals surface area contributed by atoms with Crippen LogP contribution in [0.3, 0.4) is 0 Å². The van der Waals surface area contributed by atoms with Crippen molar-refractivity contribution >= 4 is 40.9 Å². The molecule has 1 aromatic rings. The first-order chi connectivity index (χ1) is 7.54. The lowest BCUT2D eigenvalue weighted by atomic mass is 10.3. The number of urea groups is 1. The Labute approximate surface area is 103 Å². The number of hydrogen-bond acceptors (Lipinski definition) is 2. The monoisotopic (exact) mass is 260 g/mol. The zero-order valence-electron chi connectivity index (χ0n) is 8.42. The van der Waals surface area contributed by atoms with Gasteiger partial charge in [0.05, 0.1) is 10.0 Å². The van der Waals surface area contributed by atoms with E-state index in [1.165, 1.54) is 7.05 Å². The maximum atomic E-state index is 10.9. The van der Waals surface area contributed by atoms with Gasteiger partial charge in [-0.1, -0.05) is 29.3 Å². The highest BCUT2D eigenvalue weighted by Gasteiger charge is 2.05. The Bertz CT molecular complexity index is 413. The number of halogens is 2. The zero-order valence-corrected chi connectivity index (χ0v) is 9.93. The highest BCUT2D eigenvalue weighted by atomic mass is 35.5. The van der Waals surface area contributed by atoms with E-state index in [-0.39, 0.29) is 5.96 Å². The molecule has 16 heavy (non-hydrogen) atoms. The van der Waals surface area contributed by atoms with E-state index in [0.29, 0.717) is 15.7 Å². The second-order valence-corrected chi connectivity index (χ2v) is 3.59. The fraction of sp³-hybridized carbons (Fsp3) is 0.111. The van der Waals surface area contributed by atoms with Crippen molar-refractivity contribution in [3.8, 4) is 0 Å². The maximum absolute atomic E-state index is 10.9. The van der Waals surface area contributed by atoms with E-state index in [1.54, 1.807) is 18.2 Å². The molecule has 0 aliphatic rings. The smallest absolute Gasteiger partial charge is 0.321 e. The number of rotatable bonds is 1. The molecule has 7 heteroatoms. The standard InChI is InChI=1S/C9H10Cl2N4O/c1-13-9(16)15-8(12)14-7-5(10)3-2-4-6(7)11/h2-4H,1H3,(H4,12,13,14,15,16). The number of carbonyl (C=O) groups excluding carboxylic acids is 1. The van der Waals surface area contributed by atoms with Crippen LogP contribution in [-0.4, -0.2) is 19.0 Å². The lowest BCUT2D eigenvalue weighted by Crippen LogP contribution is -2.41. The molecule has 0 aromatic heterocycles. The van der Waals surface area contributed by atoms with Crippen LogP contribution in [0.2, 0.25) is 10.0 Å². The quantitative estimate of drug-likeness (QED) is 0.533. The average Bonchev–Trinajstić information content (AvgIpc) is 2.23. The van der Waals surface area contributed by atoms with Gasteiger partial charge < -0.3 is 11.1 Å². The summed E-state index contributed by atoms with van der Waals surface area (Å²) in [5.74, 6) is -0.0886. The van der Waals surface area contributed by atoms with Crippen LogP contribution in [0.5, 0.6) is 0 Å². The molecule has 0 saturated heterocycles. The molecule has 0 fully saturated rings. The van der Waals surface area contributed by atoms with Crippen molar-refractivity contribution in [3.05, 3.63) is 28.2 Å². The fourth-order valence-corrected chi connectivity index (χ4v) is 1.41. The first-order valence-electron chi connectivity index (χ1n) is 4.31. The van der Waals surface area contributed by atoms with E-state index < -0.39 is 6.03 Å². The van der Waals surface area contributed by atoms with Crippen LogP contribution in [0.15, 0.2) is 23.2 Å². The van der Waals surface area contributed by atoms with E-state index >= 15 is 0 Å². The van der Waals surface area contributed by atoms with Gasteiger partial charge in [-0.3, -0.25) is 5.32 Å². The van der Waals surface area contributed by atoms with Crippen LogP contribution in [0.4, 0.5) is 10.5 Å². The van der Waals surface area contributed by atoms with E-state index in [4.69, 9.17) is 28.9 Å². The summed E-state index contributed by atoms with van der Waals surface area (Å²) in [7, 11) is 1.46. The molecule has 1 rings (SSSR count). The third-order valence-corrected chi connectivity index (χ3v) is 2.25. The van der Waals surface area contributed by atoms with Gasteiger partial charge in [0, 0.05) is 7.05 Å². The van der Waals surface area contributed by atoms with Crippen LogP contribution in [0.25, 0.3) is 0 Å². The van der Waals surface area contributed by atoms with E-state index in [0.717, 1.165) is 0 Å². The summed E-state index contributed by atoms with van der Waals surface area (Å²) in [6.45, 7) is 0. The molecule has 86 valence electrons. The molecule has 0 unspecified atom stereocenters. The highest BCUT2D eigenvalue weighted by Crippen LogP contribution is 2.32. The molecular weight excluding hydrogens is 251 g/mol. The summed E-state index contributed by atoms with van der Waals surface area (Å²) in [6.07, 6.45) is 0. The van der Waals surface area contributed by atoms with Gasteiger partial charge in [0.15, 0.2) is 0 Å². The van der Waals surface area contributed by atoms with Gasteiger partial charge in [0.1, 0.15) is 5.69 Å². The minimum atomic E-state index is -0.468. The Morgan fingerprint density at radius 2 is 1.94 bits per heavy atom. The van der Waals surface area contributed by atoms with E-state index in [9.17, 15) is 4.79 Å². The van der Waals surface area contributed by atoms with E-state index in [1.807, 2.05) is 0 Å². The summed E-state index contributed by atoms with van der Waals surface area (Å²) in [6, 6.07) is 4.47. The SMILES string of the molecule is CNC(=O)NC(N)=Nc1c(Cl)cccc1Cl. The normalized spacial score (nSPS) is 11.1. The average molecular weight is 261 g/mol. The molecular formula is C9H10Cl2N4O. The van der Waals surface area contributed by atoms with Crippen LogP contribution in [0.1, 0.15) is 0 Å². The predicted molar refractivity (Wildman–Crippen MR) is 65.3 cm³/mol. The molecule has 0 spiro atoms. The molecule has 0 radical (unpaired) electrons. The molecule has 0 atom stereocenters. The molecule has 0 aliphatic heterocycles. The van der Waals surface area contributed by atoms with Crippen molar-refractivity contribution in [3.63, 3.8) is 0 Å². The Morgan fingerprint density at radius 1 is 1.38 bits per heavy atom. The van der Waals surface area contributed by atoms with Crippen molar-refractivity contribution in [2.45, 2.75) is 0 Å². The third-order valence-electron chi connectivity index (χ3n) is 1.64. The summed E-state index contributed by atoms with van der Waals surface area (Å²) in [5, 5.41) is 5.34. The first kappa shape index (κ1) is 12.6. The van der Waals surface area contributed by atoms with Gasteiger partial charge in [-0.2, -0.15) is 0 Å². The molecule has 0 saturated carbocycles. The number of nitrogens with two attached hydrogens (primary N) is 1. The van der Waals surface area contributed by atoms with Crippen molar-refractivity contribution in [2.24, 2.45) is 10.7 Å². The summed E-state index contributed by atoms with van der Waals surface area (Å²) in [4.78, 5) is 14.8. The van der Waals surface area contributed by atoms with Gasteiger partial charge in [-0.25, -0.2) is 9.79 Å². The van der Waals surface area contributed by atoms with Crippen molar-refractivity contribution in [1.82, 2.24) is 10.6 Å². The predicted octanol–water partition coefficient (Wildman–Crippen LogP) is 1.87. The summed E-state index contributed by atoms with van der Waals surface area (Å²) < 4.78 is 0. The number of benzene rings is 1. The van der Waals surface area contributed by atoms with Crippen LogP contribution in [0, 0.1) is 0 Å². The second-order valence-electron chi connectivity index (χ2n) is 2.77. The molecule has 2 amide bonds. The van der Waals surface area contributed by atoms with Gasteiger partial charge >= 0.3 is 6.03 Å². The Kier molecular flexibility index (Phi) is 4.39. The number of guanidine groups is 1. The topological polar surface area (TPSA) is 79.5 Å². The number of para-hydroxylation sites is 1. The fourth-order valence-electron chi connectivity index (χ4n) is 0.923. The lowest BCUT2D eigenvalue weighted by Gasteiger charge is -2.05. The summed E-state index contributed by atoms with van der Waals surface area (Å²) in [5.41, 5.74) is 5.80. The molecule has 1 aromatic carbocycles. The molecule has 0 heterocycles. The highest BCUT2D eigenvalue weighted by molar-refractivity contribution is 6.38. The van der Waals surface area contributed by atoms with Crippen molar-refractivity contribution in [2.75, 3.05) is 7.05 Å². The molecule has 0 aliphatic carbocycles. The number of nitrogens with one attached hydrogen (secondary N) is 2. The van der Waals surface area contributed by atoms with Gasteiger partial charge in [0.2, 0.25) is 5.96 Å². The maximum Gasteiger partial charge on any atom is 0.321 e. The number of carbonyl (C=O) groups is 1. The molecule has 4 N–H and O–H groups in total. The summed E-state index contributed by atoms with van der Waals surface area (Å²) >= 11 is 11.7. The zero-order chi connectivity index (χ0) is 12.1. The van der Waals surface area contributed by atoms with Crippen LogP contribution < -0.4 is 16.4 Å². The van der Waals surface area contributed by atoms with Gasteiger partial charge in [-0.15, -0.1) is 0 Å². The Morgan fingerprint density at radius 3 is 2.44 bits per heavy atom. The minimum Gasteiger partial charge on any atom is -0.369 e. The van der Waals surface area contributed by atoms with Crippen LogP contribution in [-0.2, 0) is 0 Å². The van der Waals surface area contributed by atoms with Crippen molar-refractivity contribution in [1.29, 1.82) is 0 Å². The second kappa shape index (κ2) is 5.58. The molecule has 5 nitrogen and oxygen atoms in total. The minimum absolute atomic E-state index is 0.0886. The largest absolute Gasteiger partial charge is 0.369 e. The number of aliphatic imine (C=N–C) groups is 1. The lowest BCUT2D eigenvalue weighted by molar-refractivity contribution is 0.247.